The van der Waals surface area contributed by atoms with Crippen molar-refractivity contribution >= 4 is 34.8 Å². The zero-order valence-corrected chi connectivity index (χ0v) is 10.8. The van der Waals surface area contributed by atoms with Crippen LogP contribution in [0.15, 0.2) is 18.2 Å². The van der Waals surface area contributed by atoms with Crippen molar-refractivity contribution < 1.29 is 4.79 Å². The first-order valence-corrected chi connectivity index (χ1v) is 6.28. The lowest BCUT2D eigenvalue weighted by molar-refractivity contribution is -0.118. The lowest BCUT2D eigenvalue weighted by Crippen LogP contribution is -2.48. The Hall–Kier alpha value is -0.770. The SMILES string of the molecule is NC1(CC(=O)Nc2cccc(Cl)c2Cl)CCC1. The van der Waals surface area contributed by atoms with Crippen LogP contribution in [0.1, 0.15) is 25.7 Å². The van der Waals surface area contributed by atoms with Crippen molar-refractivity contribution in [2.45, 2.75) is 31.2 Å². The van der Waals surface area contributed by atoms with Crippen molar-refractivity contribution in [2.24, 2.45) is 5.73 Å². The van der Waals surface area contributed by atoms with Crippen molar-refractivity contribution in [3.63, 3.8) is 0 Å². The molecule has 0 bridgehead atoms. The second kappa shape index (κ2) is 4.84. The van der Waals surface area contributed by atoms with Crippen molar-refractivity contribution in [3.8, 4) is 0 Å². The van der Waals surface area contributed by atoms with Gasteiger partial charge in [0.2, 0.25) is 5.91 Å². The first-order valence-electron chi connectivity index (χ1n) is 5.53. The van der Waals surface area contributed by atoms with Gasteiger partial charge < -0.3 is 11.1 Å². The topological polar surface area (TPSA) is 55.1 Å². The molecule has 1 amide bonds. The summed E-state index contributed by atoms with van der Waals surface area (Å²) < 4.78 is 0. The van der Waals surface area contributed by atoms with Gasteiger partial charge in [-0.15, -0.1) is 0 Å². The van der Waals surface area contributed by atoms with Crippen LogP contribution in [-0.2, 0) is 4.79 Å². The quantitative estimate of drug-likeness (QED) is 0.888. The van der Waals surface area contributed by atoms with E-state index in [-0.39, 0.29) is 11.4 Å². The highest BCUT2D eigenvalue weighted by atomic mass is 35.5. The van der Waals surface area contributed by atoms with Gasteiger partial charge in [0, 0.05) is 12.0 Å². The van der Waals surface area contributed by atoms with Crippen LogP contribution in [0.25, 0.3) is 0 Å². The minimum Gasteiger partial charge on any atom is -0.325 e. The maximum Gasteiger partial charge on any atom is 0.226 e. The molecule has 0 spiro atoms. The number of hydrogen-bond acceptors (Lipinski definition) is 2. The van der Waals surface area contributed by atoms with E-state index in [0.29, 0.717) is 22.2 Å². The van der Waals surface area contributed by atoms with Gasteiger partial charge in [-0.3, -0.25) is 4.79 Å². The molecule has 0 unspecified atom stereocenters. The Bertz CT molecular complexity index is 444. The summed E-state index contributed by atoms with van der Waals surface area (Å²) in [6.07, 6.45) is 3.24. The Morgan fingerprint density at radius 3 is 2.71 bits per heavy atom. The maximum atomic E-state index is 11.8. The molecule has 5 heteroatoms. The lowest BCUT2D eigenvalue weighted by Gasteiger charge is -2.37. The molecule has 0 heterocycles. The summed E-state index contributed by atoms with van der Waals surface area (Å²) in [4.78, 5) is 11.8. The van der Waals surface area contributed by atoms with Crippen molar-refractivity contribution in [3.05, 3.63) is 28.2 Å². The predicted molar refractivity (Wildman–Crippen MR) is 70.5 cm³/mol. The van der Waals surface area contributed by atoms with E-state index in [1.807, 2.05) is 0 Å². The van der Waals surface area contributed by atoms with E-state index in [1.165, 1.54) is 0 Å². The van der Waals surface area contributed by atoms with Crippen molar-refractivity contribution in [1.82, 2.24) is 0 Å². The third kappa shape index (κ3) is 2.92. The smallest absolute Gasteiger partial charge is 0.226 e. The van der Waals surface area contributed by atoms with Crippen LogP contribution >= 0.6 is 23.2 Å². The highest BCUT2D eigenvalue weighted by Gasteiger charge is 2.34. The zero-order valence-electron chi connectivity index (χ0n) is 9.30. The molecule has 0 aromatic heterocycles. The van der Waals surface area contributed by atoms with Gasteiger partial charge in [0.15, 0.2) is 0 Å². The Morgan fingerprint density at radius 1 is 1.41 bits per heavy atom. The highest BCUT2D eigenvalue weighted by Crippen LogP contribution is 2.33. The Labute approximate surface area is 110 Å². The molecular weight excluding hydrogens is 259 g/mol. The zero-order chi connectivity index (χ0) is 12.5. The monoisotopic (exact) mass is 272 g/mol. The molecule has 3 N–H and O–H groups in total. The molecule has 1 aliphatic rings. The van der Waals surface area contributed by atoms with Gasteiger partial charge in [-0.1, -0.05) is 29.3 Å². The Balaban J connectivity index is 2.00. The van der Waals surface area contributed by atoms with Crippen molar-refractivity contribution in [1.29, 1.82) is 0 Å². The second-order valence-corrected chi connectivity index (χ2v) is 5.33. The molecule has 17 heavy (non-hydrogen) atoms. The highest BCUT2D eigenvalue weighted by molar-refractivity contribution is 6.43. The molecule has 0 atom stereocenters. The first-order chi connectivity index (χ1) is 8.00. The average molecular weight is 273 g/mol. The molecule has 2 rings (SSSR count). The van der Waals surface area contributed by atoms with Crippen LogP contribution in [-0.4, -0.2) is 11.4 Å². The Morgan fingerprint density at radius 2 is 2.12 bits per heavy atom. The summed E-state index contributed by atoms with van der Waals surface area (Å²) in [5.41, 5.74) is 6.22. The van der Waals surface area contributed by atoms with E-state index in [2.05, 4.69) is 5.32 Å². The number of carbonyl (C=O) groups is 1. The number of amides is 1. The number of anilines is 1. The Kier molecular flexibility index (Phi) is 3.61. The number of nitrogens with one attached hydrogen (secondary N) is 1. The minimum atomic E-state index is -0.324. The number of rotatable bonds is 3. The van der Waals surface area contributed by atoms with E-state index in [0.717, 1.165) is 19.3 Å². The molecular formula is C12H14Cl2N2O. The standard InChI is InChI=1S/C12H14Cl2N2O/c13-8-3-1-4-9(11(8)14)16-10(17)7-12(15)5-2-6-12/h1,3-4H,2,5-7,15H2,(H,16,17). The van der Waals surface area contributed by atoms with E-state index in [1.54, 1.807) is 18.2 Å². The molecule has 1 aromatic rings. The fraction of sp³-hybridized carbons (Fsp3) is 0.417. The summed E-state index contributed by atoms with van der Waals surface area (Å²) in [7, 11) is 0. The third-order valence-electron chi connectivity index (χ3n) is 3.09. The summed E-state index contributed by atoms with van der Waals surface area (Å²) in [5.74, 6) is -0.114. The summed E-state index contributed by atoms with van der Waals surface area (Å²) in [5, 5.41) is 3.53. The van der Waals surface area contributed by atoms with Crippen LogP contribution in [0.4, 0.5) is 5.69 Å². The molecule has 3 nitrogen and oxygen atoms in total. The van der Waals surface area contributed by atoms with Gasteiger partial charge in [0.25, 0.3) is 0 Å². The van der Waals surface area contributed by atoms with Crippen LogP contribution < -0.4 is 11.1 Å². The van der Waals surface area contributed by atoms with E-state index in [9.17, 15) is 4.79 Å². The first kappa shape index (κ1) is 12.7. The van der Waals surface area contributed by atoms with Crippen LogP contribution in [0.2, 0.25) is 10.0 Å². The lowest BCUT2D eigenvalue weighted by atomic mass is 9.75. The van der Waals surface area contributed by atoms with Crippen LogP contribution in [0, 0.1) is 0 Å². The van der Waals surface area contributed by atoms with Crippen molar-refractivity contribution in [2.75, 3.05) is 5.32 Å². The molecule has 1 saturated carbocycles. The fourth-order valence-electron chi connectivity index (χ4n) is 1.92. The molecule has 0 aliphatic heterocycles. The maximum absolute atomic E-state index is 11.8. The largest absolute Gasteiger partial charge is 0.325 e. The van der Waals surface area contributed by atoms with Gasteiger partial charge in [-0.2, -0.15) is 0 Å². The normalized spacial score (nSPS) is 17.4. The minimum absolute atomic E-state index is 0.114. The number of halogens is 2. The number of nitrogens with two attached hydrogens (primary N) is 1. The van der Waals surface area contributed by atoms with Gasteiger partial charge >= 0.3 is 0 Å². The molecule has 1 fully saturated rings. The van der Waals surface area contributed by atoms with Gasteiger partial charge in [0.05, 0.1) is 15.7 Å². The molecule has 92 valence electrons. The molecule has 1 aromatic carbocycles. The van der Waals surface area contributed by atoms with Crippen LogP contribution in [0.3, 0.4) is 0 Å². The van der Waals surface area contributed by atoms with E-state index >= 15 is 0 Å². The second-order valence-electron chi connectivity index (χ2n) is 4.54. The van der Waals surface area contributed by atoms with Gasteiger partial charge in [0.1, 0.15) is 0 Å². The third-order valence-corrected chi connectivity index (χ3v) is 3.91. The summed E-state index contributed by atoms with van der Waals surface area (Å²) in [6, 6.07) is 5.14. The number of benzene rings is 1. The molecule has 1 aliphatic carbocycles. The fourth-order valence-corrected chi connectivity index (χ4v) is 2.27. The number of carbonyl (C=O) groups excluding carboxylic acids is 1. The van der Waals surface area contributed by atoms with E-state index in [4.69, 9.17) is 28.9 Å². The summed E-state index contributed by atoms with van der Waals surface area (Å²) in [6.45, 7) is 0. The van der Waals surface area contributed by atoms with Gasteiger partial charge in [-0.25, -0.2) is 0 Å². The van der Waals surface area contributed by atoms with E-state index < -0.39 is 0 Å². The predicted octanol–water partition coefficient (Wildman–Crippen LogP) is 3.20. The molecule has 0 saturated heterocycles. The average Bonchev–Trinajstić information content (AvgIpc) is 2.22. The summed E-state index contributed by atoms with van der Waals surface area (Å²) >= 11 is 11.8. The van der Waals surface area contributed by atoms with Gasteiger partial charge in [-0.05, 0) is 31.4 Å². The molecule has 0 radical (unpaired) electrons. The number of hydrogen-bond donors (Lipinski definition) is 2. The van der Waals surface area contributed by atoms with Crippen LogP contribution in [0.5, 0.6) is 0 Å².